The Bertz CT molecular complexity index is 822. The van der Waals surface area contributed by atoms with E-state index in [0.29, 0.717) is 6.42 Å². The Morgan fingerprint density at radius 1 is 1.13 bits per heavy atom. The quantitative estimate of drug-likeness (QED) is 0.278. The second-order valence-corrected chi connectivity index (χ2v) is 7.67. The Kier molecular flexibility index (Phi) is 5.77. The van der Waals surface area contributed by atoms with E-state index in [0.717, 1.165) is 39.6 Å². The van der Waals surface area contributed by atoms with Crippen LogP contribution in [0.5, 0.6) is 5.75 Å². The van der Waals surface area contributed by atoms with E-state index >= 15 is 0 Å². The van der Waals surface area contributed by atoms with Crippen molar-refractivity contribution >= 4 is 47.7 Å². The molecule has 0 bridgehead atoms. The lowest BCUT2D eigenvalue weighted by molar-refractivity contribution is -0.384. The van der Waals surface area contributed by atoms with Crippen LogP contribution in [0.25, 0.3) is 0 Å². The molecule has 2 rings (SSSR count). The Balaban J connectivity index is 2.27. The van der Waals surface area contributed by atoms with Gasteiger partial charge in [0.15, 0.2) is 0 Å². The summed E-state index contributed by atoms with van der Waals surface area (Å²) in [5.74, 6) is 0.183. The van der Waals surface area contributed by atoms with E-state index in [-0.39, 0.29) is 16.3 Å². The maximum Gasteiger partial charge on any atom is 0.339 e. The van der Waals surface area contributed by atoms with Crippen molar-refractivity contribution in [1.29, 1.82) is 0 Å². The molecule has 0 saturated carbocycles. The smallest absolute Gasteiger partial charge is 0.339 e. The number of aryl methyl sites for hydroxylation is 1. The molecule has 0 fully saturated rings. The molecule has 0 spiro atoms. The third kappa shape index (κ3) is 4.52. The first-order valence-electron chi connectivity index (χ1n) is 6.37. The maximum absolute atomic E-state index is 12.2. The van der Waals surface area contributed by atoms with Gasteiger partial charge in [-0.05, 0) is 42.3 Å². The van der Waals surface area contributed by atoms with Gasteiger partial charge in [0, 0.05) is 21.9 Å². The van der Waals surface area contributed by atoms with Crippen LogP contribution < -0.4 is 4.18 Å². The molecule has 0 aliphatic carbocycles. The van der Waals surface area contributed by atoms with Gasteiger partial charge >= 0.3 is 10.1 Å². The predicted octanol–water partition coefficient (Wildman–Crippen LogP) is 4.06. The SMILES string of the molecule is O=[N+]([O-])c1ccc(S(=O)(=O)Oc2ccc(Br)c(CCBr)c2)cc1. The fourth-order valence-electron chi connectivity index (χ4n) is 1.81. The molecule has 0 amide bonds. The number of benzene rings is 2. The number of hydrogen-bond donors (Lipinski definition) is 0. The topological polar surface area (TPSA) is 86.5 Å². The van der Waals surface area contributed by atoms with Crippen molar-refractivity contribution in [3.8, 4) is 5.75 Å². The standard InChI is InChI=1S/C14H11Br2NO5S/c15-8-7-10-9-12(3-6-14(10)16)22-23(20,21)13-4-1-11(2-5-13)17(18)19/h1-6,9H,7-8H2. The molecule has 9 heteroatoms. The summed E-state index contributed by atoms with van der Waals surface area (Å²) in [7, 11) is -4.05. The van der Waals surface area contributed by atoms with E-state index in [1.54, 1.807) is 12.1 Å². The van der Waals surface area contributed by atoms with Crippen molar-refractivity contribution in [1.82, 2.24) is 0 Å². The number of nitro groups is 1. The third-order valence-electron chi connectivity index (χ3n) is 2.92. The molecule has 2 aromatic rings. The van der Waals surface area contributed by atoms with Crippen molar-refractivity contribution in [2.75, 3.05) is 5.33 Å². The molecule has 0 saturated heterocycles. The zero-order valence-electron chi connectivity index (χ0n) is 11.6. The maximum atomic E-state index is 12.2. The van der Waals surface area contributed by atoms with E-state index < -0.39 is 15.0 Å². The Labute approximate surface area is 150 Å². The molecule has 6 nitrogen and oxygen atoms in total. The second kappa shape index (κ2) is 7.41. The van der Waals surface area contributed by atoms with Crippen LogP contribution in [-0.4, -0.2) is 18.7 Å². The van der Waals surface area contributed by atoms with Gasteiger partial charge in [0.05, 0.1) is 4.92 Å². The van der Waals surface area contributed by atoms with E-state index in [4.69, 9.17) is 4.18 Å². The number of halogens is 2. The lowest BCUT2D eigenvalue weighted by Gasteiger charge is -2.09. The molecule has 0 aliphatic heterocycles. The summed E-state index contributed by atoms with van der Waals surface area (Å²) >= 11 is 6.71. The highest BCUT2D eigenvalue weighted by molar-refractivity contribution is 9.10. The van der Waals surface area contributed by atoms with Gasteiger partial charge < -0.3 is 4.18 Å². The van der Waals surface area contributed by atoms with Crippen LogP contribution in [0.4, 0.5) is 5.69 Å². The molecular weight excluding hydrogens is 454 g/mol. The van der Waals surface area contributed by atoms with Crippen LogP contribution in [-0.2, 0) is 16.5 Å². The highest BCUT2D eigenvalue weighted by Crippen LogP contribution is 2.26. The zero-order chi connectivity index (χ0) is 17.0. The number of non-ortho nitro benzene ring substituents is 1. The van der Waals surface area contributed by atoms with Crippen LogP contribution in [0.15, 0.2) is 51.8 Å². The average molecular weight is 465 g/mol. The molecule has 0 atom stereocenters. The van der Waals surface area contributed by atoms with E-state index in [9.17, 15) is 18.5 Å². The predicted molar refractivity (Wildman–Crippen MR) is 92.6 cm³/mol. The average Bonchev–Trinajstić information content (AvgIpc) is 2.50. The fraction of sp³-hybridized carbons (Fsp3) is 0.143. The molecular formula is C14H11Br2NO5S. The van der Waals surface area contributed by atoms with Crippen molar-refractivity contribution < 1.29 is 17.5 Å². The second-order valence-electron chi connectivity index (χ2n) is 4.48. The third-order valence-corrected chi connectivity index (χ3v) is 5.35. The van der Waals surface area contributed by atoms with Gasteiger partial charge in [-0.1, -0.05) is 31.9 Å². The molecule has 0 aromatic heterocycles. The molecule has 0 unspecified atom stereocenters. The van der Waals surface area contributed by atoms with Crippen molar-refractivity contribution in [3.63, 3.8) is 0 Å². The lowest BCUT2D eigenvalue weighted by Crippen LogP contribution is -2.10. The molecule has 122 valence electrons. The first-order chi connectivity index (χ1) is 10.8. The van der Waals surface area contributed by atoms with Crippen LogP contribution in [0, 0.1) is 10.1 Å². The molecule has 0 heterocycles. The van der Waals surface area contributed by atoms with Gasteiger partial charge in [0.1, 0.15) is 10.6 Å². The minimum Gasteiger partial charge on any atom is -0.379 e. The Morgan fingerprint density at radius 2 is 1.78 bits per heavy atom. The van der Waals surface area contributed by atoms with Gasteiger partial charge in [-0.25, -0.2) is 0 Å². The summed E-state index contributed by atoms with van der Waals surface area (Å²) in [6.45, 7) is 0. The highest BCUT2D eigenvalue weighted by Gasteiger charge is 2.18. The van der Waals surface area contributed by atoms with E-state index in [2.05, 4.69) is 31.9 Å². The molecule has 0 N–H and O–H groups in total. The van der Waals surface area contributed by atoms with Crippen LogP contribution in [0.2, 0.25) is 0 Å². The number of nitro benzene ring substituents is 1. The van der Waals surface area contributed by atoms with Crippen molar-refractivity contribution in [2.24, 2.45) is 0 Å². The summed E-state index contributed by atoms with van der Waals surface area (Å²) < 4.78 is 30.4. The minimum absolute atomic E-state index is 0.145. The van der Waals surface area contributed by atoms with Crippen molar-refractivity contribution in [2.45, 2.75) is 11.3 Å². The summed E-state index contributed by atoms with van der Waals surface area (Å²) in [6, 6.07) is 9.40. The van der Waals surface area contributed by atoms with Crippen LogP contribution in [0.3, 0.4) is 0 Å². The number of rotatable bonds is 6. The normalized spacial score (nSPS) is 11.2. The first-order valence-corrected chi connectivity index (χ1v) is 9.69. The summed E-state index contributed by atoms with van der Waals surface area (Å²) in [6.07, 6.45) is 0.704. The minimum atomic E-state index is -4.05. The summed E-state index contributed by atoms with van der Waals surface area (Å²) in [5, 5.41) is 11.3. The number of alkyl halides is 1. The Hall–Kier alpha value is -1.45. The monoisotopic (exact) mass is 463 g/mol. The molecule has 0 aliphatic rings. The zero-order valence-corrected chi connectivity index (χ0v) is 15.6. The highest BCUT2D eigenvalue weighted by atomic mass is 79.9. The molecule has 2 aromatic carbocycles. The van der Waals surface area contributed by atoms with Gasteiger partial charge in [-0.2, -0.15) is 8.42 Å². The van der Waals surface area contributed by atoms with Crippen LogP contribution >= 0.6 is 31.9 Å². The fourth-order valence-corrected chi connectivity index (χ4v) is 3.60. The van der Waals surface area contributed by atoms with Crippen molar-refractivity contribution in [3.05, 3.63) is 62.6 Å². The van der Waals surface area contributed by atoms with Gasteiger partial charge in [0.25, 0.3) is 5.69 Å². The van der Waals surface area contributed by atoms with Gasteiger partial charge in [-0.3, -0.25) is 10.1 Å². The Morgan fingerprint density at radius 3 is 2.35 bits per heavy atom. The van der Waals surface area contributed by atoms with Gasteiger partial charge in [-0.15, -0.1) is 0 Å². The lowest BCUT2D eigenvalue weighted by atomic mass is 10.2. The molecule has 23 heavy (non-hydrogen) atoms. The number of hydrogen-bond acceptors (Lipinski definition) is 5. The largest absolute Gasteiger partial charge is 0.379 e. The first kappa shape index (κ1) is 17.9. The van der Waals surface area contributed by atoms with E-state index in [1.165, 1.54) is 6.07 Å². The van der Waals surface area contributed by atoms with E-state index in [1.807, 2.05) is 0 Å². The summed E-state index contributed by atoms with van der Waals surface area (Å²) in [4.78, 5) is 9.86. The van der Waals surface area contributed by atoms with Gasteiger partial charge in [0.2, 0.25) is 0 Å². The number of nitrogens with zero attached hydrogens (tertiary/aromatic N) is 1. The van der Waals surface area contributed by atoms with Crippen LogP contribution in [0.1, 0.15) is 5.56 Å². The summed E-state index contributed by atoms with van der Waals surface area (Å²) in [5.41, 5.74) is 0.713. The molecule has 0 radical (unpaired) electrons.